The van der Waals surface area contributed by atoms with Crippen LogP contribution in [-0.4, -0.2) is 48.5 Å². The van der Waals surface area contributed by atoms with Crippen LogP contribution in [0.15, 0.2) is 24.3 Å². The lowest BCUT2D eigenvalue weighted by molar-refractivity contribution is -0.137. The minimum absolute atomic E-state index is 0.0677. The van der Waals surface area contributed by atoms with Crippen LogP contribution in [0.5, 0.6) is 5.75 Å². The van der Waals surface area contributed by atoms with E-state index in [0.29, 0.717) is 0 Å². The van der Waals surface area contributed by atoms with E-state index in [1.807, 2.05) is 0 Å². The van der Waals surface area contributed by atoms with E-state index in [-0.39, 0.29) is 37.5 Å². The first kappa shape index (κ1) is 13.6. The molecule has 1 aliphatic rings. The van der Waals surface area contributed by atoms with Gasteiger partial charge in [0.1, 0.15) is 5.75 Å². The summed E-state index contributed by atoms with van der Waals surface area (Å²) in [6, 6.07) is 6.15. The van der Waals surface area contributed by atoms with Crippen LogP contribution >= 0.6 is 0 Å². The SMILES string of the molecule is O=C(O)CCN1CCN(c2ccccc2O)S1(=O)=O. The zero-order valence-electron chi connectivity index (χ0n) is 10.1. The molecule has 1 aliphatic heterocycles. The van der Waals surface area contributed by atoms with Crippen molar-refractivity contribution in [2.45, 2.75) is 6.42 Å². The van der Waals surface area contributed by atoms with Crippen molar-refractivity contribution in [3.63, 3.8) is 0 Å². The van der Waals surface area contributed by atoms with E-state index >= 15 is 0 Å². The predicted molar refractivity (Wildman–Crippen MR) is 68.2 cm³/mol. The zero-order valence-corrected chi connectivity index (χ0v) is 10.9. The smallest absolute Gasteiger partial charge is 0.304 e. The van der Waals surface area contributed by atoms with Gasteiger partial charge in [0.15, 0.2) is 0 Å². The Labute approximate surface area is 110 Å². The Morgan fingerprint density at radius 1 is 1.26 bits per heavy atom. The summed E-state index contributed by atoms with van der Waals surface area (Å²) in [4.78, 5) is 10.5. The fourth-order valence-corrected chi connectivity index (χ4v) is 3.57. The molecular formula is C11H14N2O5S. The summed E-state index contributed by atoms with van der Waals surface area (Å²) in [6.07, 6.45) is -0.242. The van der Waals surface area contributed by atoms with Gasteiger partial charge in [-0.25, -0.2) is 0 Å². The highest BCUT2D eigenvalue weighted by Crippen LogP contribution is 2.32. The third kappa shape index (κ3) is 2.64. The fourth-order valence-electron chi connectivity index (χ4n) is 1.94. The molecule has 1 saturated heterocycles. The molecule has 0 radical (unpaired) electrons. The third-order valence-electron chi connectivity index (χ3n) is 2.88. The summed E-state index contributed by atoms with van der Waals surface area (Å²) in [7, 11) is -3.76. The molecule has 2 rings (SSSR count). The molecule has 1 aromatic rings. The number of hydrogen-bond donors (Lipinski definition) is 2. The Balaban J connectivity index is 2.22. The van der Waals surface area contributed by atoms with Crippen molar-refractivity contribution >= 4 is 21.9 Å². The van der Waals surface area contributed by atoms with E-state index < -0.39 is 16.2 Å². The molecule has 2 N–H and O–H groups in total. The van der Waals surface area contributed by atoms with Gasteiger partial charge in [0, 0.05) is 19.6 Å². The van der Waals surface area contributed by atoms with Crippen LogP contribution in [0.2, 0.25) is 0 Å². The molecule has 0 amide bonds. The molecule has 8 heteroatoms. The normalized spacial score (nSPS) is 18.6. The Hall–Kier alpha value is -1.80. The molecule has 0 spiro atoms. The van der Waals surface area contributed by atoms with Crippen LogP contribution in [-0.2, 0) is 15.0 Å². The molecule has 104 valence electrons. The van der Waals surface area contributed by atoms with E-state index in [4.69, 9.17) is 5.11 Å². The molecule has 1 aromatic carbocycles. The van der Waals surface area contributed by atoms with Crippen molar-refractivity contribution in [1.29, 1.82) is 0 Å². The van der Waals surface area contributed by atoms with Gasteiger partial charge in [-0.05, 0) is 12.1 Å². The number of benzene rings is 1. The van der Waals surface area contributed by atoms with Gasteiger partial charge in [0.2, 0.25) is 0 Å². The lowest BCUT2D eigenvalue weighted by Gasteiger charge is -2.20. The van der Waals surface area contributed by atoms with Gasteiger partial charge in [-0.1, -0.05) is 12.1 Å². The molecule has 1 fully saturated rings. The largest absolute Gasteiger partial charge is 0.506 e. The maximum Gasteiger partial charge on any atom is 0.304 e. The van der Waals surface area contributed by atoms with Crippen molar-refractivity contribution in [3.8, 4) is 5.75 Å². The highest BCUT2D eigenvalue weighted by Gasteiger charge is 2.37. The molecule has 0 saturated carbocycles. The van der Waals surface area contributed by atoms with Gasteiger partial charge in [-0.2, -0.15) is 12.7 Å². The highest BCUT2D eigenvalue weighted by molar-refractivity contribution is 7.90. The summed E-state index contributed by atoms with van der Waals surface area (Å²) in [5.74, 6) is -1.16. The van der Waals surface area contributed by atoms with Crippen molar-refractivity contribution < 1.29 is 23.4 Å². The number of carboxylic acids is 1. The average Bonchev–Trinajstić information content (AvgIpc) is 2.62. The highest BCUT2D eigenvalue weighted by atomic mass is 32.2. The number of anilines is 1. The van der Waals surface area contributed by atoms with E-state index in [1.165, 1.54) is 12.1 Å². The van der Waals surface area contributed by atoms with Crippen LogP contribution < -0.4 is 4.31 Å². The standard InChI is InChI=1S/C11H14N2O5S/c14-10-4-2-1-3-9(10)13-8-7-12(19(13,17)18)6-5-11(15)16/h1-4,14H,5-8H2,(H,15,16). The van der Waals surface area contributed by atoms with Crippen LogP contribution in [0.1, 0.15) is 6.42 Å². The molecule has 0 aliphatic carbocycles. The van der Waals surface area contributed by atoms with Crippen molar-refractivity contribution in [2.24, 2.45) is 0 Å². The molecule has 1 heterocycles. The summed E-state index contributed by atoms with van der Waals surface area (Å²) in [5.41, 5.74) is 0.209. The Morgan fingerprint density at radius 3 is 2.58 bits per heavy atom. The third-order valence-corrected chi connectivity index (χ3v) is 4.84. The summed E-state index contributed by atoms with van der Waals surface area (Å²) in [5, 5.41) is 18.3. The first-order valence-corrected chi connectivity index (χ1v) is 7.10. The Kier molecular flexibility index (Phi) is 3.63. The van der Waals surface area contributed by atoms with E-state index in [9.17, 15) is 18.3 Å². The van der Waals surface area contributed by atoms with Crippen LogP contribution in [0, 0.1) is 0 Å². The van der Waals surface area contributed by atoms with Gasteiger partial charge < -0.3 is 10.2 Å². The summed E-state index contributed by atoms with van der Waals surface area (Å²) < 4.78 is 26.6. The molecule has 19 heavy (non-hydrogen) atoms. The quantitative estimate of drug-likeness (QED) is 0.826. The lowest BCUT2D eigenvalue weighted by Crippen LogP contribution is -2.34. The average molecular weight is 286 g/mol. The lowest BCUT2D eigenvalue weighted by atomic mass is 10.3. The molecule has 0 unspecified atom stereocenters. The minimum Gasteiger partial charge on any atom is -0.506 e. The van der Waals surface area contributed by atoms with Crippen molar-refractivity contribution in [2.75, 3.05) is 23.9 Å². The van der Waals surface area contributed by atoms with Gasteiger partial charge in [-0.3, -0.25) is 9.10 Å². The first-order valence-electron chi connectivity index (χ1n) is 5.70. The van der Waals surface area contributed by atoms with Crippen molar-refractivity contribution in [1.82, 2.24) is 4.31 Å². The topological polar surface area (TPSA) is 98.2 Å². The van der Waals surface area contributed by atoms with Gasteiger partial charge in [-0.15, -0.1) is 0 Å². The number of aliphatic carboxylic acids is 1. The molecule has 0 atom stereocenters. The maximum atomic E-state index is 12.2. The molecule has 0 bridgehead atoms. The van der Waals surface area contributed by atoms with Crippen LogP contribution in [0.3, 0.4) is 0 Å². The Morgan fingerprint density at radius 2 is 1.95 bits per heavy atom. The number of rotatable bonds is 4. The first-order chi connectivity index (χ1) is 8.93. The number of phenols is 1. The van der Waals surface area contributed by atoms with E-state index in [1.54, 1.807) is 12.1 Å². The molecular weight excluding hydrogens is 272 g/mol. The summed E-state index contributed by atoms with van der Waals surface area (Å²) >= 11 is 0. The predicted octanol–water partition coefficient (Wildman–Crippen LogP) is 0.234. The van der Waals surface area contributed by atoms with E-state index in [2.05, 4.69) is 0 Å². The van der Waals surface area contributed by atoms with Crippen LogP contribution in [0.4, 0.5) is 5.69 Å². The number of aromatic hydroxyl groups is 1. The number of para-hydroxylation sites is 2. The number of nitrogens with zero attached hydrogens (tertiary/aromatic N) is 2. The van der Waals surface area contributed by atoms with E-state index in [0.717, 1.165) is 8.61 Å². The van der Waals surface area contributed by atoms with Gasteiger partial charge in [0.25, 0.3) is 0 Å². The minimum atomic E-state index is -3.76. The van der Waals surface area contributed by atoms with Crippen LogP contribution in [0.25, 0.3) is 0 Å². The second-order valence-corrected chi connectivity index (χ2v) is 5.96. The fraction of sp³-hybridized carbons (Fsp3) is 0.364. The number of hydrogen-bond acceptors (Lipinski definition) is 4. The summed E-state index contributed by atoms with van der Waals surface area (Å²) in [6.45, 7) is 0.339. The number of carbonyl (C=O) groups is 1. The second-order valence-electron chi connectivity index (χ2n) is 4.11. The molecule has 0 aromatic heterocycles. The van der Waals surface area contributed by atoms with Gasteiger partial charge >= 0.3 is 16.2 Å². The molecule has 7 nitrogen and oxygen atoms in total. The monoisotopic (exact) mass is 286 g/mol. The van der Waals surface area contributed by atoms with Crippen molar-refractivity contribution in [3.05, 3.63) is 24.3 Å². The van der Waals surface area contributed by atoms with Gasteiger partial charge in [0.05, 0.1) is 12.1 Å². The second kappa shape index (κ2) is 5.06. The number of carboxylic acid groups (broad SMARTS) is 1. The number of phenolic OH excluding ortho intramolecular Hbond substituents is 1. The zero-order chi connectivity index (χ0) is 14.0. The maximum absolute atomic E-state index is 12.2. The Bertz CT molecular complexity index is 587.